The first kappa shape index (κ1) is 13.8. The Balaban J connectivity index is 1.78. The number of hydrogen-bond donors (Lipinski definition) is 1. The normalized spacial score (nSPS) is 10.3. The third-order valence-corrected chi connectivity index (χ3v) is 4.00. The predicted octanol–water partition coefficient (Wildman–Crippen LogP) is 4.72. The lowest BCUT2D eigenvalue weighted by molar-refractivity contribution is 0.102. The summed E-state index contributed by atoms with van der Waals surface area (Å²) in [7, 11) is 0. The molecule has 0 aliphatic rings. The molecule has 104 valence electrons. The minimum atomic E-state index is -0.210. The largest absolute Gasteiger partial charge is 0.321 e. The van der Waals surface area contributed by atoms with Crippen molar-refractivity contribution >= 4 is 34.5 Å². The summed E-state index contributed by atoms with van der Waals surface area (Å²) in [4.78, 5) is 16.5. The van der Waals surface area contributed by atoms with Crippen LogP contribution < -0.4 is 5.32 Å². The van der Waals surface area contributed by atoms with Crippen LogP contribution in [0.4, 0.5) is 5.69 Å². The second kappa shape index (κ2) is 6.08. The Kier molecular flexibility index (Phi) is 3.99. The number of carbonyl (C=O) groups excluding carboxylic acids is 1. The van der Waals surface area contributed by atoms with E-state index in [2.05, 4.69) is 10.3 Å². The van der Waals surface area contributed by atoms with Crippen LogP contribution in [0.25, 0.3) is 10.6 Å². The number of nitrogens with zero attached hydrogens (tertiary/aromatic N) is 1. The van der Waals surface area contributed by atoms with Gasteiger partial charge in [-0.1, -0.05) is 41.9 Å². The third-order valence-electron chi connectivity index (χ3n) is 2.86. The molecule has 1 amide bonds. The van der Waals surface area contributed by atoms with E-state index in [1.54, 1.807) is 5.38 Å². The number of halogens is 1. The number of thiazole rings is 1. The van der Waals surface area contributed by atoms with E-state index in [0.717, 1.165) is 16.3 Å². The topological polar surface area (TPSA) is 42.0 Å². The first-order valence-corrected chi connectivity index (χ1v) is 7.56. The maximum Gasteiger partial charge on any atom is 0.275 e. The number of amides is 1. The standard InChI is InChI=1S/C16H11ClN2OS/c17-12-8-6-11(7-9-12)16-19-14(10-21-16)15(20)18-13-4-2-1-3-5-13/h1-10H,(H,18,20). The van der Waals surface area contributed by atoms with E-state index in [-0.39, 0.29) is 5.91 Å². The summed E-state index contributed by atoms with van der Waals surface area (Å²) >= 11 is 7.30. The fraction of sp³-hybridized carbons (Fsp3) is 0. The monoisotopic (exact) mass is 314 g/mol. The lowest BCUT2D eigenvalue weighted by Gasteiger charge is -2.01. The quantitative estimate of drug-likeness (QED) is 0.760. The summed E-state index contributed by atoms with van der Waals surface area (Å²) in [6, 6.07) is 16.7. The van der Waals surface area contributed by atoms with Crippen LogP contribution in [0.15, 0.2) is 60.0 Å². The number of rotatable bonds is 3. The molecule has 1 N–H and O–H groups in total. The molecule has 0 unspecified atom stereocenters. The van der Waals surface area contributed by atoms with Crippen LogP contribution in [0.1, 0.15) is 10.5 Å². The zero-order chi connectivity index (χ0) is 14.7. The highest BCUT2D eigenvalue weighted by Gasteiger charge is 2.12. The molecule has 0 spiro atoms. The molecule has 0 bridgehead atoms. The Labute approximate surface area is 131 Å². The summed E-state index contributed by atoms with van der Waals surface area (Å²) in [6.07, 6.45) is 0. The van der Waals surface area contributed by atoms with Crippen LogP contribution in [-0.2, 0) is 0 Å². The van der Waals surface area contributed by atoms with Gasteiger partial charge in [0.25, 0.3) is 5.91 Å². The van der Waals surface area contributed by atoms with Gasteiger partial charge in [0.15, 0.2) is 0 Å². The highest BCUT2D eigenvalue weighted by Crippen LogP contribution is 2.25. The maximum absolute atomic E-state index is 12.1. The van der Waals surface area contributed by atoms with E-state index in [0.29, 0.717) is 10.7 Å². The van der Waals surface area contributed by atoms with Crippen molar-refractivity contribution < 1.29 is 4.79 Å². The molecule has 3 aromatic rings. The lowest BCUT2D eigenvalue weighted by atomic mass is 10.2. The number of hydrogen-bond acceptors (Lipinski definition) is 3. The molecule has 0 radical (unpaired) electrons. The van der Waals surface area contributed by atoms with Crippen LogP contribution in [0.5, 0.6) is 0 Å². The van der Waals surface area contributed by atoms with Crippen molar-refractivity contribution in [2.45, 2.75) is 0 Å². The molecule has 0 aliphatic heterocycles. The Bertz CT molecular complexity index is 753. The van der Waals surface area contributed by atoms with Crippen LogP contribution in [-0.4, -0.2) is 10.9 Å². The smallest absolute Gasteiger partial charge is 0.275 e. The van der Waals surface area contributed by atoms with Crippen molar-refractivity contribution in [2.75, 3.05) is 5.32 Å². The molecular formula is C16H11ClN2OS. The first-order chi connectivity index (χ1) is 10.2. The van der Waals surface area contributed by atoms with Gasteiger partial charge in [-0.15, -0.1) is 11.3 Å². The van der Waals surface area contributed by atoms with Crippen LogP contribution >= 0.6 is 22.9 Å². The van der Waals surface area contributed by atoms with E-state index in [1.165, 1.54) is 11.3 Å². The third kappa shape index (κ3) is 3.29. The van der Waals surface area contributed by atoms with Crippen molar-refractivity contribution in [3.8, 4) is 10.6 Å². The van der Waals surface area contributed by atoms with Gasteiger partial charge < -0.3 is 5.32 Å². The van der Waals surface area contributed by atoms with Crippen molar-refractivity contribution in [3.05, 3.63) is 70.7 Å². The molecule has 0 saturated carbocycles. The van der Waals surface area contributed by atoms with Gasteiger partial charge in [0, 0.05) is 21.7 Å². The fourth-order valence-electron chi connectivity index (χ4n) is 1.82. The second-order valence-electron chi connectivity index (χ2n) is 4.36. The summed E-state index contributed by atoms with van der Waals surface area (Å²) in [6.45, 7) is 0. The average molecular weight is 315 g/mol. The van der Waals surface area contributed by atoms with Gasteiger partial charge in [-0.3, -0.25) is 4.79 Å². The molecule has 0 aliphatic carbocycles. The Morgan fingerprint density at radius 2 is 1.76 bits per heavy atom. The highest BCUT2D eigenvalue weighted by molar-refractivity contribution is 7.13. The van der Waals surface area contributed by atoms with E-state index in [4.69, 9.17) is 11.6 Å². The van der Waals surface area contributed by atoms with Gasteiger partial charge in [0.05, 0.1) is 0 Å². The number of carbonyl (C=O) groups is 1. The van der Waals surface area contributed by atoms with Crippen LogP contribution in [0, 0.1) is 0 Å². The summed E-state index contributed by atoms with van der Waals surface area (Å²) < 4.78 is 0. The molecule has 2 aromatic carbocycles. The van der Waals surface area contributed by atoms with Gasteiger partial charge in [-0.05, 0) is 24.3 Å². The van der Waals surface area contributed by atoms with Crippen molar-refractivity contribution in [1.29, 1.82) is 0 Å². The number of anilines is 1. The Morgan fingerprint density at radius 3 is 2.48 bits per heavy atom. The molecular weight excluding hydrogens is 304 g/mol. The van der Waals surface area contributed by atoms with Crippen LogP contribution in [0.3, 0.4) is 0 Å². The Hall–Kier alpha value is -2.17. The fourth-order valence-corrected chi connectivity index (χ4v) is 2.75. The van der Waals surface area contributed by atoms with Crippen molar-refractivity contribution in [3.63, 3.8) is 0 Å². The van der Waals surface area contributed by atoms with Crippen molar-refractivity contribution in [2.24, 2.45) is 0 Å². The predicted molar refractivity (Wildman–Crippen MR) is 87.0 cm³/mol. The number of para-hydroxylation sites is 1. The van der Waals surface area contributed by atoms with Gasteiger partial charge in [0.1, 0.15) is 10.7 Å². The molecule has 0 atom stereocenters. The molecule has 5 heteroatoms. The van der Waals surface area contributed by atoms with Crippen LogP contribution in [0.2, 0.25) is 5.02 Å². The maximum atomic E-state index is 12.1. The summed E-state index contributed by atoms with van der Waals surface area (Å²) in [5.41, 5.74) is 2.11. The van der Waals surface area contributed by atoms with E-state index < -0.39 is 0 Å². The molecule has 1 aromatic heterocycles. The van der Waals surface area contributed by atoms with Gasteiger partial charge in [-0.25, -0.2) is 4.98 Å². The Morgan fingerprint density at radius 1 is 1.05 bits per heavy atom. The molecule has 0 fully saturated rings. The zero-order valence-corrected chi connectivity index (χ0v) is 12.5. The molecule has 3 nitrogen and oxygen atoms in total. The highest BCUT2D eigenvalue weighted by atomic mass is 35.5. The number of benzene rings is 2. The number of nitrogens with one attached hydrogen (secondary N) is 1. The van der Waals surface area contributed by atoms with Gasteiger partial charge >= 0.3 is 0 Å². The van der Waals surface area contributed by atoms with Gasteiger partial charge in [0.2, 0.25) is 0 Å². The minimum absolute atomic E-state index is 0.210. The molecule has 3 rings (SSSR count). The second-order valence-corrected chi connectivity index (χ2v) is 5.66. The van der Waals surface area contributed by atoms with E-state index >= 15 is 0 Å². The average Bonchev–Trinajstić information content (AvgIpc) is 2.99. The molecule has 21 heavy (non-hydrogen) atoms. The van der Waals surface area contributed by atoms with E-state index in [1.807, 2.05) is 54.6 Å². The zero-order valence-electron chi connectivity index (χ0n) is 10.9. The molecule has 1 heterocycles. The minimum Gasteiger partial charge on any atom is -0.321 e. The lowest BCUT2D eigenvalue weighted by Crippen LogP contribution is -2.12. The van der Waals surface area contributed by atoms with Crippen molar-refractivity contribution in [1.82, 2.24) is 4.98 Å². The SMILES string of the molecule is O=C(Nc1ccccc1)c1csc(-c2ccc(Cl)cc2)n1. The summed E-state index contributed by atoms with van der Waals surface area (Å²) in [5, 5.41) is 6.04. The first-order valence-electron chi connectivity index (χ1n) is 6.30. The van der Waals surface area contributed by atoms with Gasteiger partial charge in [-0.2, -0.15) is 0 Å². The molecule has 0 saturated heterocycles. The number of aromatic nitrogens is 1. The van der Waals surface area contributed by atoms with E-state index in [9.17, 15) is 4.79 Å². The summed E-state index contributed by atoms with van der Waals surface area (Å²) in [5.74, 6) is -0.210.